The van der Waals surface area contributed by atoms with Crippen LogP contribution in [0, 0.1) is 5.41 Å². The zero-order valence-electron chi connectivity index (χ0n) is 10.4. The van der Waals surface area contributed by atoms with Crippen molar-refractivity contribution in [1.29, 1.82) is 0 Å². The summed E-state index contributed by atoms with van der Waals surface area (Å²) in [4.78, 5) is 0. The SMILES string of the molecule is CC1(C)CCC(C(O)c2cccc(Cl)c2)NC1. The van der Waals surface area contributed by atoms with Crippen LogP contribution in [0.3, 0.4) is 0 Å². The zero-order chi connectivity index (χ0) is 12.5. The lowest BCUT2D eigenvalue weighted by Crippen LogP contribution is -2.45. The molecule has 2 rings (SSSR count). The standard InChI is InChI=1S/C14H20ClNO/c1-14(2)7-6-12(16-9-14)13(17)10-4-3-5-11(15)8-10/h3-5,8,12-13,16-17H,6-7,9H2,1-2H3. The van der Waals surface area contributed by atoms with Gasteiger partial charge in [-0.25, -0.2) is 0 Å². The van der Waals surface area contributed by atoms with E-state index in [1.807, 2.05) is 24.3 Å². The summed E-state index contributed by atoms with van der Waals surface area (Å²) in [5.41, 5.74) is 1.24. The van der Waals surface area contributed by atoms with E-state index >= 15 is 0 Å². The normalized spacial score (nSPS) is 25.5. The number of aliphatic hydroxyl groups is 1. The van der Waals surface area contributed by atoms with Crippen LogP contribution in [-0.2, 0) is 0 Å². The van der Waals surface area contributed by atoms with E-state index in [1.165, 1.54) is 0 Å². The lowest BCUT2D eigenvalue weighted by Gasteiger charge is -2.37. The van der Waals surface area contributed by atoms with Gasteiger partial charge in [-0.3, -0.25) is 0 Å². The van der Waals surface area contributed by atoms with E-state index < -0.39 is 6.10 Å². The minimum Gasteiger partial charge on any atom is -0.387 e. The highest BCUT2D eigenvalue weighted by Crippen LogP contribution is 2.31. The van der Waals surface area contributed by atoms with Gasteiger partial charge in [-0.05, 0) is 36.0 Å². The highest BCUT2D eigenvalue weighted by Gasteiger charge is 2.30. The molecule has 0 spiro atoms. The van der Waals surface area contributed by atoms with Gasteiger partial charge < -0.3 is 10.4 Å². The van der Waals surface area contributed by atoms with E-state index in [2.05, 4.69) is 19.2 Å². The Morgan fingerprint density at radius 3 is 2.82 bits per heavy atom. The average Bonchev–Trinajstić information content (AvgIpc) is 2.28. The van der Waals surface area contributed by atoms with Gasteiger partial charge in [-0.15, -0.1) is 0 Å². The molecule has 1 aliphatic rings. The summed E-state index contributed by atoms with van der Waals surface area (Å²) in [6, 6.07) is 7.62. The number of aliphatic hydroxyl groups excluding tert-OH is 1. The topological polar surface area (TPSA) is 32.3 Å². The van der Waals surface area contributed by atoms with Crippen molar-refractivity contribution in [2.45, 2.75) is 38.8 Å². The first-order chi connectivity index (χ1) is 7.98. The van der Waals surface area contributed by atoms with Crippen LogP contribution >= 0.6 is 11.6 Å². The summed E-state index contributed by atoms with van der Waals surface area (Å²) < 4.78 is 0. The van der Waals surface area contributed by atoms with Crippen molar-refractivity contribution < 1.29 is 5.11 Å². The Kier molecular flexibility index (Phi) is 3.76. The molecule has 2 unspecified atom stereocenters. The molecule has 1 aromatic carbocycles. The molecular weight excluding hydrogens is 234 g/mol. The van der Waals surface area contributed by atoms with Gasteiger partial charge in [0.2, 0.25) is 0 Å². The van der Waals surface area contributed by atoms with Crippen LogP contribution in [0.25, 0.3) is 0 Å². The molecule has 0 amide bonds. The molecule has 0 aromatic heterocycles. The van der Waals surface area contributed by atoms with E-state index in [9.17, 15) is 5.11 Å². The van der Waals surface area contributed by atoms with Crippen molar-refractivity contribution in [3.8, 4) is 0 Å². The van der Waals surface area contributed by atoms with Crippen molar-refractivity contribution in [3.63, 3.8) is 0 Å². The molecule has 0 aliphatic carbocycles. The Morgan fingerprint density at radius 1 is 1.47 bits per heavy atom. The third kappa shape index (κ3) is 3.21. The second-order valence-corrected chi connectivity index (χ2v) is 6.13. The Morgan fingerprint density at radius 2 is 2.24 bits per heavy atom. The third-order valence-electron chi connectivity index (χ3n) is 3.55. The van der Waals surface area contributed by atoms with Crippen LogP contribution in [0.4, 0.5) is 0 Å². The monoisotopic (exact) mass is 253 g/mol. The summed E-state index contributed by atoms with van der Waals surface area (Å²) in [5, 5.41) is 14.4. The lowest BCUT2D eigenvalue weighted by molar-refractivity contribution is 0.0869. The molecule has 1 fully saturated rings. The van der Waals surface area contributed by atoms with Gasteiger partial charge in [-0.1, -0.05) is 37.6 Å². The maximum Gasteiger partial charge on any atom is 0.0943 e. The number of hydrogen-bond acceptors (Lipinski definition) is 2. The Hall–Kier alpha value is -0.570. The molecule has 1 aliphatic heterocycles. The van der Waals surface area contributed by atoms with Crippen LogP contribution in [0.1, 0.15) is 38.4 Å². The molecule has 0 radical (unpaired) electrons. The minimum atomic E-state index is -0.468. The molecule has 0 bridgehead atoms. The van der Waals surface area contributed by atoms with Crippen LogP contribution in [0.5, 0.6) is 0 Å². The van der Waals surface area contributed by atoms with Crippen molar-refractivity contribution in [2.75, 3.05) is 6.54 Å². The average molecular weight is 254 g/mol. The van der Waals surface area contributed by atoms with E-state index in [-0.39, 0.29) is 6.04 Å². The van der Waals surface area contributed by atoms with Crippen LogP contribution in [0.2, 0.25) is 5.02 Å². The smallest absolute Gasteiger partial charge is 0.0943 e. The summed E-state index contributed by atoms with van der Waals surface area (Å²) in [6.07, 6.45) is 1.67. The number of benzene rings is 1. The molecule has 2 atom stereocenters. The Bertz CT molecular complexity index is 382. The van der Waals surface area contributed by atoms with Gasteiger partial charge in [0.05, 0.1) is 6.10 Å². The molecule has 0 saturated carbocycles. The van der Waals surface area contributed by atoms with E-state index in [0.717, 1.165) is 24.9 Å². The molecule has 1 heterocycles. The van der Waals surface area contributed by atoms with Crippen molar-refractivity contribution in [3.05, 3.63) is 34.9 Å². The zero-order valence-corrected chi connectivity index (χ0v) is 11.2. The van der Waals surface area contributed by atoms with E-state index in [1.54, 1.807) is 0 Å². The maximum absolute atomic E-state index is 10.3. The maximum atomic E-state index is 10.3. The molecule has 17 heavy (non-hydrogen) atoms. The number of rotatable bonds is 2. The second-order valence-electron chi connectivity index (χ2n) is 5.69. The largest absolute Gasteiger partial charge is 0.387 e. The molecule has 94 valence electrons. The van der Waals surface area contributed by atoms with E-state index in [4.69, 9.17) is 11.6 Å². The first-order valence-corrected chi connectivity index (χ1v) is 6.53. The second kappa shape index (κ2) is 4.97. The minimum absolute atomic E-state index is 0.140. The van der Waals surface area contributed by atoms with Gasteiger partial charge >= 0.3 is 0 Å². The summed E-state index contributed by atoms with van der Waals surface area (Å²) in [5.74, 6) is 0. The molecule has 1 saturated heterocycles. The molecule has 2 nitrogen and oxygen atoms in total. The van der Waals surface area contributed by atoms with Crippen molar-refractivity contribution in [2.24, 2.45) is 5.41 Å². The number of nitrogens with one attached hydrogen (secondary N) is 1. The molecule has 2 N–H and O–H groups in total. The highest BCUT2D eigenvalue weighted by molar-refractivity contribution is 6.30. The van der Waals surface area contributed by atoms with Gasteiger partial charge in [0.1, 0.15) is 0 Å². The number of halogens is 1. The van der Waals surface area contributed by atoms with Gasteiger partial charge in [-0.2, -0.15) is 0 Å². The fourth-order valence-corrected chi connectivity index (χ4v) is 2.54. The first kappa shape index (κ1) is 12.9. The number of hydrogen-bond donors (Lipinski definition) is 2. The molecule has 1 aromatic rings. The summed E-state index contributed by atoms with van der Waals surface area (Å²) in [6.45, 7) is 5.46. The molecular formula is C14H20ClNO. The quantitative estimate of drug-likeness (QED) is 0.849. The van der Waals surface area contributed by atoms with Crippen molar-refractivity contribution in [1.82, 2.24) is 5.32 Å². The predicted octanol–water partition coefficient (Wildman–Crippen LogP) is 3.15. The lowest BCUT2D eigenvalue weighted by atomic mass is 9.80. The van der Waals surface area contributed by atoms with Crippen LogP contribution in [0.15, 0.2) is 24.3 Å². The van der Waals surface area contributed by atoms with E-state index in [0.29, 0.717) is 10.4 Å². The summed E-state index contributed by atoms with van der Waals surface area (Å²) >= 11 is 5.94. The van der Waals surface area contributed by atoms with Crippen LogP contribution in [-0.4, -0.2) is 17.7 Å². The fourth-order valence-electron chi connectivity index (χ4n) is 2.34. The Balaban J connectivity index is 2.04. The van der Waals surface area contributed by atoms with Crippen LogP contribution < -0.4 is 5.32 Å². The number of piperidine rings is 1. The molecule has 3 heteroatoms. The fraction of sp³-hybridized carbons (Fsp3) is 0.571. The highest BCUT2D eigenvalue weighted by atomic mass is 35.5. The first-order valence-electron chi connectivity index (χ1n) is 6.15. The predicted molar refractivity (Wildman–Crippen MR) is 71.2 cm³/mol. The van der Waals surface area contributed by atoms with Gasteiger partial charge in [0, 0.05) is 17.6 Å². The van der Waals surface area contributed by atoms with Gasteiger partial charge in [0.15, 0.2) is 0 Å². The van der Waals surface area contributed by atoms with Crippen molar-refractivity contribution >= 4 is 11.6 Å². The summed E-state index contributed by atoms with van der Waals surface area (Å²) in [7, 11) is 0. The van der Waals surface area contributed by atoms with Gasteiger partial charge in [0.25, 0.3) is 0 Å². The Labute approximate surface area is 108 Å². The third-order valence-corrected chi connectivity index (χ3v) is 3.78.